The zero-order valence-corrected chi connectivity index (χ0v) is 18.3. The van der Waals surface area contributed by atoms with Gasteiger partial charge in [-0.2, -0.15) is 0 Å². The summed E-state index contributed by atoms with van der Waals surface area (Å²) in [6, 6.07) is 0. The van der Waals surface area contributed by atoms with Gasteiger partial charge in [0.2, 0.25) is 11.6 Å². The van der Waals surface area contributed by atoms with Crippen LogP contribution in [0.5, 0.6) is 0 Å². The van der Waals surface area contributed by atoms with Gasteiger partial charge in [0, 0.05) is 0 Å². The third kappa shape index (κ3) is 3.58. The molecule has 3 saturated heterocycles. The minimum atomic E-state index is -3.62. The van der Waals surface area contributed by atoms with Crippen molar-refractivity contribution in [1.29, 1.82) is 0 Å². The van der Waals surface area contributed by atoms with E-state index in [1.807, 2.05) is 0 Å². The topological polar surface area (TPSA) is 314 Å². The van der Waals surface area contributed by atoms with Gasteiger partial charge in [0.15, 0.2) is 0 Å². The maximum absolute atomic E-state index is 13.2. The highest BCUT2D eigenvalue weighted by molar-refractivity contribution is 5.95. The Morgan fingerprint density at radius 1 is 0.583 bits per heavy atom. The second kappa shape index (κ2) is 9.60. The number of carbonyl (C=O) groups is 2. The highest BCUT2D eigenvalue weighted by Gasteiger charge is 2.79. The number of cyclic esters (lactones) is 2. The monoisotopic (exact) mass is 532 g/mol. The lowest BCUT2D eigenvalue weighted by Gasteiger charge is -2.57. The molecule has 0 radical (unpaired) electrons. The average molecular weight is 532 g/mol. The molecule has 36 heavy (non-hydrogen) atoms. The van der Waals surface area contributed by atoms with Gasteiger partial charge in [0.05, 0.1) is 26.4 Å². The van der Waals surface area contributed by atoms with E-state index in [9.17, 15) is 70.9 Å². The average Bonchev–Trinajstić information content (AvgIpc) is 2.86. The molecule has 12 N–H and O–H groups in total. The summed E-state index contributed by atoms with van der Waals surface area (Å²) in [5.41, 5.74) is -7.00. The van der Waals surface area contributed by atoms with Crippen LogP contribution >= 0.6 is 0 Å². The predicted molar refractivity (Wildman–Crippen MR) is 102 cm³/mol. The molecule has 3 heterocycles. The number of esters is 2. The molecule has 0 amide bonds. The quantitative estimate of drug-likeness (QED) is 0.141. The minimum absolute atomic E-state index is 1.12. The summed E-state index contributed by atoms with van der Waals surface area (Å²) in [5.74, 6) is -11.4. The van der Waals surface area contributed by atoms with Gasteiger partial charge in [-0.25, -0.2) is 9.59 Å². The molecule has 3 aliphatic rings. The van der Waals surface area contributed by atoms with Gasteiger partial charge in [0.1, 0.15) is 48.8 Å². The van der Waals surface area contributed by atoms with Crippen LogP contribution in [0.3, 0.4) is 0 Å². The Hall–Kier alpha value is -1.62. The number of rotatable bonds is 6. The van der Waals surface area contributed by atoms with Crippen LogP contribution in [0.2, 0.25) is 0 Å². The Morgan fingerprint density at radius 2 is 0.889 bits per heavy atom. The van der Waals surface area contributed by atoms with Gasteiger partial charge in [-0.1, -0.05) is 0 Å². The van der Waals surface area contributed by atoms with Crippen molar-refractivity contribution in [2.24, 2.45) is 0 Å². The van der Waals surface area contributed by atoms with E-state index in [1.54, 1.807) is 0 Å². The predicted octanol–water partition coefficient (Wildman–Crippen LogP) is -9.13. The third-order valence-electron chi connectivity index (χ3n) is 6.73. The standard InChI is InChI=1S/C18H28O18/c19-1-5-7(23)9(25)11(27)17(31,33-5)15(3-21)13(29)36-16(4-22,14(30)35-15)18(32)12(28)10(26)8(24)6(2-20)34-18/h5-12,19-28,31-32H,1-4H2/t5-,6-,7-,8-,9+,10+,11-,12-,15?,16?,17?,18?/m1/s1. The van der Waals surface area contributed by atoms with Crippen LogP contribution in [0.4, 0.5) is 0 Å². The van der Waals surface area contributed by atoms with E-state index in [-0.39, 0.29) is 0 Å². The fraction of sp³-hybridized carbons (Fsp3) is 0.889. The van der Waals surface area contributed by atoms with E-state index in [4.69, 9.17) is 18.9 Å². The van der Waals surface area contributed by atoms with Crippen molar-refractivity contribution in [2.75, 3.05) is 26.4 Å². The fourth-order valence-electron chi connectivity index (χ4n) is 4.40. The van der Waals surface area contributed by atoms with Gasteiger partial charge in [-0.15, -0.1) is 0 Å². The molecule has 0 aromatic heterocycles. The summed E-state index contributed by atoms with van der Waals surface area (Å²) in [6.07, 6.45) is -18.0. The molecule has 0 aromatic carbocycles. The van der Waals surface area contributed by atoms with Gasteiger partial charge < -0.3 is 80.2 Å². The molecule has 3 aliphatic heterocycles. The van der Waals surface area contributed by atoms with Crippen LogP contribution in [-0.2, 0) is 28.5 Å². The molecular weight excluding hydrogens is 504 g/mol. The lowest BCUT2D eigenvalue weighted by molar-refractivity contribution is -0.427. The largest absolute Gasteiger partial charge is 0.435 e. The van der Waals surface area contributed by atoms with Crippen LogP contribution in [0.25, 0.3) is 0 Å². The number of aliphatic hydroxyl groups excluding tert-OH is 10. The van der Waals surface area contributed by atoms with Crippen molar-refractivity contribution < 1.29 is 89.8 Å². The Balaban J connectivity index is 2.09. The summed E-state index contributed by atoms with van der Waals surface area (Å²) < 4.78 is 19.5. The summed E-state index contributed by atoms with van der Waals surface area (Å²) in [7, 11) is 0. The van der Waals surface area contributed by atoms with Gasteiger partial charge in [-0.05, 0) is 0 Å². The summed E-state index contributed by atoms with van der Waals surface area (Å²) in [4.78, 5) is 26.3. The normalized spacial score (nSPS) is 52.0. The molecule has 18 nitrogen and oxygen atoms in total. The fourth-order valence-corrected chi connectivity index (χ4v) is 4.40. The van der Waals surface area contributed by atoms with Crippen molar-refractivity contribution in [3.8, 4) is 0 Å². The molecule has 0 aliphatic carbocycles. The molecule has 3 rings (SSSR count). The first-order chi connectivity index (χ1) is 16.7. The van der Waals surface area contributed by atoms with Crippen molar-refractivity contribution >= 4 is 11.9 Å². The van der Waals surface area contributed by atoms with Gasteiger partial charge in [-0.3, -0.25) is 0 Å². The highest BCUT2D eigenvalue weighted by Crippen LogP contribution is 2.47. The first-order valence-electron chi connectivity index (χ1n) is 10.5. The maximum atomic E-state index is 13.2. The Bertz CT molecular complexity index is 784. The van der Waals surface area contributed by atoms with Crippen LogP contribution in [0, 0.1) is 0 Å². The second-order valence-electron chi connectivity index (χ2n) is 8.67. The number of ether oxygens (including phenoxy) is 4. The lowest BCUT2D eigenvalue weighted by Crippen LogP contribution is -2.84. The summed E-state index contributed by atoms with van der Waals surface area (Å²) in [5, 5.41) is 121. The summed E-state index contributed by atoms with van der Waals surface area (Å²) in [6.45, 7) is -5.76. The molecule has 0 spiro atoms. The number of aliphatic hydroxyl groups is 12. The van der Waals surface area contributed by atoms with Crippen LogP contribution in [0.1, 0.15) is 0 Å². The molecule has 0 bridgehead atoms. The van der Waals surface area contributed by atoms with E-state index in [1.165, 1.54) is 0 Å². The summed E-state index contributed by atoms with van der Waals surface area (Å²) >= 11 is 0. The smallest absolute Gasteiger partial charge is 0.360 e. The van der Waals surface area contributed by atoms with Crippen LogP contribution < -0.4 is 0 Å². The Labute approximate surface area is 200 Å². The zero-order chi connectivity index (χ0) is 27.4. The molecule has 208 valence electrons. The van der Waals surface area contributed by atoms with Crippen LogP contribution in [0.15, 0.2) is 0 Å². The van der Waals surface area contributed by atoms with Gasteiger partial charge in [0.25, 0.3) is 11.2 Å². The van der Waals surface area contributed by atoms with E-state index in [0.717, 1.165) is 0 Å². The second-order valence-corrected chi connectivity index (χ2v) is 8.67. The molecule has 4 unspecified atom stereocenters. The van der Waals surface area contributed by atoms with Crippen molar-refractivity contribution in [2.45, 2.75) is 71.6 Å². The SMILES string of the molecule is O=C1OC(CO)(C2(O)O[C@H](CO)[C@@H](O)[C@H](O)[C@H]2O)C(=O)OC1(CO)C1(O)O[C@H](CO)[C@@H](O)[C@H](O)[C@H]1O. The van der Waals surface area contributed by atoms with E-state index in [2.05, 4.69) is 0 Å². The number of hydrogen-bond donors (Lipinski definition) is 12. The van der Waals surface area contributed by atoms with Crippen molar-refractivity contribution in [3.05, 3.63) is 0 Å². The Morgan fingerprint density at radius 3 is 1.14 bits per heavy atom. The molecule has 18 heteroatoms. The van der Waals surface area contributed by atoms with E-state index in [0.29, 0.717) is 0 Å². The molecule has 12 atom stereocenters. The molecule has 0 aromatic rings. The minimum Gasteiger partial charge on any atom is -0.435 e. The molecule has 3 fully saturated rings. The molecule has 0 saturated carbocycles. The maximum Gasteiger partial charge on any atom is 0.360 e. The first kappa shape index (κ1) is 28.9. The lowest BCUT2D eigenvalue weighted by atomic mass is 9.77. The first-order valence-corrected chi connectivity index (χ1v) is 10.5. The van der Waals surface area contributed by atoms with E-state index < -0.39 is 110 Å². The van der Waals surface area contributed by atoms with Crippen molar-refractivity contribution in [3.63, 3.8) is 0 Å². The highest BCUT2D eigenvalue weighted by atomic mass is 16.8. The van der Waals surface area contributed by atoms with E-state index >= 15 is 0 Å². The van der Waals surface area contributed by atoms with Crippen LogP contribution in [-0.4, -0.2) is 171 Å². The number of carbonyl (C=O) groups excluding carboxylic acids is 2. The number of hydrogen-bond acceptors (Lipinski definition) is 18. The van der Waals surface area contributed by atoms with Gasteiger partial charge >= 0.3 is 11.9 Å². The third-order valence-corrected chi connectivity index (χ3v) is 6.73. The zero-order valence-electron chi connectivity index (χ0n) is 18.3. The van der Waals surface area contributed by atoms with Crippen molar-refractivity contribution in [1.82, 2.24) is 0 Å². The molecular formula is C18H28O18. The Kier molecular flexibility index (Phi) is 7.72.